The Morgan fingerprint density at radius 2 is 2.12 bits per heavy atom. The van der Waals surface area contributed by atoms with Gasteiger partial charge in [-0.1, -0.05) is 18.2 Å². The first kappa shape index (κ1) is 11.4. The van der Waals surface area contributed by atoms with Gasteiger partial charge in [0.1, 0.15) is 5.82 Å². The molecule has 0 saturated carbocycles. The second kappa shape index (κ2) is 5.30. The highest BCUT2D eigenvalue weighted by atomic mass is 16.1. The van der Waals surface area contributed by atoms with E-state index in [1.165, 1.54) is 0 Å². The van der Waals surface area contributed by atoms with E-state index in [4.69, 9.17) is 0 Å². The lowest BCUT2D eigenvalue weighted by atomic mass is 10.2. The van der Waals surface area contributed by atoms with E-state index in [9.17, 15) is 4.79 Å². The third-order valence-corrected chi connectivity index (χ3v) is 2.54. The van der Waals surface area contributed by atoms with Gasteiger partial charge in [-0.15, -0.1) is 0 Å². The van der Waals surface area contributed by atoms with Gasteiger partial charge in [0.2, 0.25) is 0 Å². The first-order chi connectivity index (χ1) is 8.25. The molecule has 4 nitrogen and oxygen atoms in total. The van der Waals surface area contributed by atoms with E-state index in [0.717, 1.165) is 11.5 Å². The number of carbonyl (C=O) groups excluding carboxylic acids is 1. The SMILES string of the molecule is Cn1ccnc1CC(=O)CNc1ccccc1. The third kappa shape index (κ3) is 3.17. The predicted molar refractivity (Wildman–Crippen MR) is 66.9 cm³/mol. The number of imidazole rings is 1. The number of para-hydroxylation sites is 1. The van der Waals surface area contributed by atoms with Crippen molar-refractivity contribution in [2.45, 2.75) is 6.42 Å². The number of rotatable bonds is 5. The number of ketones is 1. The third-order valence-electron chi connectivity index (χ3n) is 2.54. The number of benzene rings is 1. The number of hydrogen-bond acceptors (Lipinski definition) is 3. The number of aryl methyl sites for hydroxylation is 1. The number of aromatic nitrogens is 2. The molecule has 0 spiro atoms. The molecule has 0 amide bonds. The fourth-order valence-corrected chi connectivity index (χ4v) is 1.56. The van der Waals surface area contributed by atoms with Crippen LogP contribution in [-0.4, -0.2) is 21.9 Å². The lowest BCUT2D eigenvalue weighted by Gasteiger charge is -2.05. The van der Waals surface area contributed by atoms with E-state index < -0.39 is 0 Å². The van der Waals surface area contributed by atoms with Gasteiger partial charge >= 0.3 is 0 Å². The van der Waals surface area contributed by atoms with Gasteiger partial charge < -0.3 is 9.88 Å². The molecule has 0 aliphatic carbocycles. The van der Waals surface area contributed by atoms with Crippen molar-refractivity contribution < 1.29 is 4.79 Å². The molecule has 0 unspecified atom stereocenters. The molecule has 4 heteroatoms. The van der Waals surface area contributed by atoms with Crippen LogP contribution in [0, 0.1) is 0 Å². The molecular formula is C13H15N3O. The molecule has 1 aromatic heterocycles. The Bertz CT molecular complexity index is 490. The van der Waals surface area contributed by atoms with Gasteiger partial charge in [0.05, 0.1) is 13.0 Å². The summed E-state index contributed by atoms with van der Waals surface area (Å²) in [4.78, 5) is 15.8. The Morgan fingerprint density at radius 3 is 2.76 bits per heavy atom. The quantitative estimate of drug-likeness (QED) is 0.848. The fourth-order valence-electron chi connectivity index (χ4n) is 1.56. The normalized spacial score (nSPS) is 10.2. The van der Waals surface area contributed by atoms with E-state index in [-0.39, 0.29) is 5.78 Å². The van der Waals surface area contributed by atoms with Crippen molar-refractivity contribution in [1.82, 2.24) is 9.55 Å². The molecule has 2 aromatic rings. The molecule has 0 aliphatic rings. The number of nitrogens with zero attached hydrogens (tertiary/aromatic N) is 2. The summed E-state index contributed by atoms with van der Waals surface area (Å²) in [6.45, 7) is 0.330. The lowest BCUT2D eigenvalue weighted by molar-refractivity contribution is -0.116. The molecule has 1 heterocycles. The maximum Gasteiger partial charge on any atom is 0.159 e. The molecule has 0 atom stereocenters. The maximum atomic E-state index is 11.7. The molecule has 17 heavy (non-hydrogen) atoms. The molecule has 0 aliphatic heterocycles. The maximum absolute atomic E-state index is 11.7. The largest absolute Gasteiger partial charge is 0.378 e. The summed E-state index contributed by atoms with van der Waals surface area (Å²) in [6.07, 6.45) is 3.91. The van der Waals surface area contributed by atoms with Crippen LogP contribution in [0.15, 0.2) is 42.7 Å². The Kier molecular flexibility index (Phi) is 3.55. The molecule has 88 valence electrons. The predicted octanol–water partition coefficient (Wildman–Crippen LogP) is 1.64. The van der Waals surface area contributed by atoms with Crippen LogP contribution in [0.2, 0.25) is 0 Å². The topological polar surface area (TPSA) is 46.9 Å². The Morgan fingerprint density at radius 1 is 1.35 bits per heavy atom. The average Bonchev–Trinajstić information content (AvgIpc) is 2.74. The van der Waals surface area contributed by atoms with Crippen LogP contribution in [0.5, 0.6) is 0 Å². The van der Waals surface area contributed by atoms with Crippen molar-refractivity contribution in [1.29, 1.82) is 0 Å². The zero-order chi connectivity index (χ0) is 12.1. The number of hydrogen-bond donors (Lipinski definition) is 1. The lowest BCUT2D eigenvalue weighted by Crippen LogP contribution is -2.17. The van der Waals surface area contributed by atoms with Crippen molar-refractivity contribution >= 4 is 11.5 Å². The molecule has 0 bridgehead atoms. The van der Waals surface area contributed by atoms with Crippen molar-refractivity contribution in [2.75, 3.05) is 11.9 Å². The van der Waals surface area contributed by atoms with E-state index in [0.29, 0.717) is 13.0 Å². The molecule has 0 fully saturated rings. The molecule has 0 radical (unpaired) electrons. The van der Waals surface area contributed by atoms with E-state index in [2.05, 4.69) is 10.3 Å². The Labute approximate surface area is 100 Å². The van der Waals surface area contributed by atoms with Crippen molar-refractivity contribution in [3.63, 3.8) is 0 Å². The second-order valence-corrected chi connectivity index (χ2v) is 3.89. The summed E-state index contributed by atoms with van der Waals surface area (Å²) >= 11 is 0. The van der Waals surface area contributed by atoms with Crippen LogP contribution in [0.3, 0.4) is 0 Å². The van der Waals surface area contributed by atoms with Gasteiger partial charge in [0.25, 0.3) is 0 Å². The molecule has 1 N–H and O–H groups in total. The average molecular weight is 229 g/mol. The van der Waals surface area contributed by atoms with Gasteiger partial charge in [-0.3, -0.25) is 4.79 Å². The Balaban J connectivity index is 1.85. The van der Waals surface area contributed by atoms with Crippen molar-refractivity contribution in [3.8, 4) is 0 Å². The first-order valence-electron chi connectivity index (χ1n) is 5.52. The highest BCUT2D eigenvalue weighted by molar-refractivity contribution is 5.84. The van der Waals surface area contributed by atoms with Gasteiger partial charge in [0.15, 0.2) is 5.78 Å². The smallest absolute Gasteiger partial charge is 0.159 e. The minimum Gasteiger partial charge on any atom is -0.378 e. The summed E-state index contributed by atoms with van der Waals surface area (Å²) in [7, 11) is 1.89. The van der Waals surface area contributed by atoms with Crippen molar-refractivity contribution in [3.05, 3.63) is 48.5 Å². The number of Topliss-reactive ketones (excluding diaryl/α,β-unsaturated/α-hetero) is 1. The van der Waals surface area contributed by atoms with Crippen LogP contribution in [0.25, 0.3) is 0 Å². The van der Waals surface area contributed by atoms with E-state index in [1.54, 1.807) is 6.20 Å². The second-order valence-electron chi connectivity index (χ2n) is 3.89. The molecular weight excluding hydrogens is 214 g/mol. The van der Waals surface area contributed by atoms with E-state index >= 15 is 0 Å². The Hall–Kier alpha value is -2.10. The van der Waals surface area contributed by atoms with Crippen LogP contribution in [0.1, 0.15) is 5.82 Å². The van der Waals surface area contributed by atoms with Crippen molar-refractivity contribution in [2.24, 2.45) is 7.05 Å². The summed E-state index contributed by atoms with van der Waals surface area (Å²) in [5.41, 5.74) is 0.959. The molecule has 0 saturated heterocycles. The standard InChI is InChI=1S/C13H15N3O/c1-16-8-7-14-13(16)9-12(17)10-15-11-5-3-2-4-6-11/h2-8,15H,9-10H2,1H3. The number of carbonyl (C=O) groups is 1. The highest BCUT2D eigenvalue weighted by Gasteiger charge is 2.06. The van der Waals surface area contributed by atoms with Gasteiger partial charge in [-0.25, -0.2) is 4.98 Å². The number of anilines is 1. The van der Waals surface area contributed by atoms with Gasteiger partial charge in [-0.2, -0.15) is 0 Å². The molecule has 2 rings (SSSR count). The summed E-state index contributed by atoms with van der Waals surface area (Å²) in [5.74, 6) is 0.924. The molecule has 1 aromatic carbocycles. The highest BCUT2D eigenvalue weighted by Crippen LogP contribution is 2.04. The van der Waals surface area contributed by atoms with E-state index in [1.807, 2.05) is 48.1 Å². The monoisotopic (exact) mass is 229 g/mol. The summed E-state index contributed by atoms with van der Waals surface area (Å²) in [6, 6.07) is 9.69. The minimum absolute atomic E-state index is 0.128. The zero-order valence-corrected chi connectivity index (χ0v) is 9.76. The number of nitrogens with one attached hydrogen (secondary N) is 1. The van der Waals surface area contributed by atoms with Gasteiger partial charge in [0, 0.05) is 25.1 Å². The summed E-state index contributed by atoms with van der Waals surface area (Å²) in [5, 5.41) is 3.09. The zero-order valence-electron chi connectivity index (χ0n) is 9.76. The van der Waals surface area contributed by atoms with Gasteiger partial charge in [-0.05, 0) is 12.1 Å². The fraction of sp³-hybridized carbons (Fsp3) is 0.231. The minimum atomic E-state index is 0.128. The van der Waals surface area contributed by atoms with Crippen LogP contribution in [0.4, 0.5) is 5.69 Å². The van der Waals surface area contributed by atoms with Crippen LogP contribution >= 0.6 is 0 Å². The van der Waals surface area contributed by atoms with Crippen LogP contribution < -0.4 is 5.32 Å². The summed E-state index contributed by atoms with van der Waals surface area (Å²) < 4.78 is 1.86. The van der Waals surface area contributed by atoms with Crippen LogP contribution in [-0.2, 0) is 18.3 Å². The first-order valence-corrected chi connectivity index (χ1v) is 5.52.